The molecule has 3 nitrogen and oxygen atoms in total. The normalized spacial score (nSPS) is 11.1. The van der Waals surface area contributed by atoms with Crippen molar-refractivity contribution in [3.63, 3.8) is 0 Å². The van der Waals surface area contributed by atoms with Gasteiger partial charge in [-0.3, -0.25) is 9.59 Å². The van der Waals surface area contributed by atoms with Crippen LogP contribution in [0.1, 0.15) is 26.3 Å². The molecule has 0 fully saturated rings. The van der Waals surface area contributed by atoms with Crippen LogP contribution in [-0.4, -0.2) is 18.4 Å². The zero-order chi connectivity index (χ0) is 16.3. The highest BCUT2D eigenvalue weighted by Gasteiger charge is 2.31. The van der Waals surface area contributed by atoms with Gasteiger partial charge in [0.25, 0.3) is 0 Å². The van der Waals surface area contributed by atoms with Crippen molar-refractivity contribution >= 4 is 12.1 Å². The van der Waals surface area contributed by atoms with Crippen LogP contribution in [0.5, 0.6) is 5.75 Å². The summed E-state index contributed by atoms with van der Waals surface area (Å²) < 4.78 is 54.0. The van der Waals surface area contributed by atoms with Gasteiger partial charge in [0.05, 0.1) is 5.56 Å². The van der Waals surface area contributed by atoms with E-state index < -0.39 is 29.3 Å². The number of hydrogen-bond acceptors (Lipinski definition) is 3. The fourth-order valence-electron chi connectivity index (χ4n) is 1.86. The summed E-state index contributed by atoms with van der Waals surface area (Å²) in [6.45, 7) is 0. The van der Waals surface area contributed by atoms with Crippen LogP contribution in [0.3, 0.4) is 0 Å². The SMILES string of the molecule is O=Cc1cccc(F)c1C(=O)c1cccc(OC(F)(F)F)c1. The molecule has 0 atom stereocenters. The van der Waals surface area contributed by atoms with Crippen molar-refractivity contribution < 1.29 is 31.9 Å². The minimum atomic E-state index is -4.91. The highest BCUT2D eigenvalue weighted by Crippen LogP contribution is 2.25. The number of ether oxygens (including phenoxy) is 1. The van der Waals surface area contributed by atoms with Crippen molar-refractivity contribution in [1.29, 1.82) is 0 Å². The number of aldehydes is 1. The van der Waals surface area contributed by atoms with Crippen molar-refractivity contribution in [1.82, 2.24) is 0 Å². The number of halogens is 4. The van der Waals surface area contributed by atoms with E-state index in [0.717, 1.165) is 24.3 Å². The Morgan fingerprint density at radius 3 is 2.41 bits per heavy atom. The molecule has 0 radical (unpaired) electrons. The molecule has 0 bridgehead atoms. The van der Waals surface area contributed by atoms with Gasteiger partial charge in [0.1, 0.15) is 11.6 Å². The first-order valence-electron chi connectivity index (χ1n) is 5.96. The Bertz CT molecular complexity index is 723. The second-order valence-corrected chi connectivity index (χ2v) is 4.23. The number of benzene rings is 2. The Morgan fingerprint density at radius 1 is 1.09 bits per heavy atom. The van der Waals surface area contributed by atoms with Crippen LogP contribution in [0.15, 0.2) is 42.5 Å². The smallest absolute Gasteiger partial charge is 0.406 e. The predicted octanol–water partition coefficient (Wildman–Crippen LogP) is 3.77. The number of hydrogen-bond donors (Lipinski definition) is 0. The van der Waals surface area contributed by atoms with Crippen LogP contribution < -0.4 is 4.74 Å². The highest BCUT2D eigenvalue weighted by molar-refractivity contribution is 6.13. The van der Waals surface area contributed by atoms with E-state index in [1.807, 2.05) is 0 Å². The summed E-state index contributed by atoms with van der Waals surface area (Å²) in [5, 5.41) is 0. The third-order valence-electron chi connectivity index (χ3n) is 2.73. The first kappa shape index (κ1) is 15.7. The first-order chi connectivity index (χ1) is 10.3. The predicted molar refractivity (Wildman–Crippen MR) is 68.3 cm³/mol. The monoisotopic (exact) mass is 312 g/mol. The van der Waals surface area contributed by atoms with Gasteiger partial charge >= 0.3 is 6.36 Å². The molecular weight excluding hydrogens is 304 g/mol. The lowest BCUT2D eigenvalue weighted by molar-refractivity contribution is -0.274. The number of carbonyl (C=O) groups excluding carboxylic acids is 2. The lowest BCUT2D eigenvalue weighted by atomic mass is 9.98. The molecule has 0 saturated heterocycles. The lowest BCUT2D eigenvalue weighted by Crippen LogP contribution is -2.17. The summed E-state index contributed by atoms with van der Waals surface area (Å²) in [6.07, 6.45) is -4.61. The maximum atomic E-state index is 13.8. The topological polar surface area (TPSA) is 43.4 Å². The number of ketones is 1. The van der Waals surface area contributed by atoms with Crippen molar-refractivity contribution in [3.8, 4) is 5.75 Å². The number of carbonyl (C=O) groups is 2. The van der Waals surface area contributed by atoms with Gasteiger partial charge in [0.15, 0.2) is 12.1 Å². The molecule has 2 aromatic carbocycles. The van der Waals surface area contributed by atoms with Crippen molar-refractivity contribution in [2.75, 3.05) is 0 Å². The summed E-state index contributed by atoms with van der Waals surface area (Å²) in [6, 6.07) is 7.67. The molecular formula is C15H8F4O3. The molecule has 0 aliphatic rings. The Hall–Kier alpha value is -2.70. The van der Waals surface area contributed by atoms with E-state index in [0.29, 0.717) is 6.29 Å². The molecule has 0 aliphatic heterocycles. The minimum Gasteiger partial charge on any atom is -0.406 e. The molecule has 0 N–H and O–H groups in total. The molecule has 2 rings (SSSR count). The van der Waals surface area contributed by atoms with Crippen LogP contribution in [-0.2, 0) is 0 Å². The molecule has 0 amide bonds. The van der Waals surface area contributed by atoms with E-state index in [2.05, 4.69) is 4.74 Å². The van der Waals surface area contributed by atoms with E-state index >= 15 is 0 Å². The average molecular weight is 312 g/mol. The fourth-order valence-corrected chi connectivity index (χ4v) is 1.86. The standard InChI is InChI=1S/C15H8F4O3/c16-12-6-2-4-10(8-20)13(12)14(21)9-3-1-5-11(7-9)22-15(17,18)19/h1-8H. The Balaban J connectivity index is 2.43. The number of alkyl halides is 3. The summed E-state index contributed by atoms with van der Waals surface area (Å²) in [7, 11) is 0. The lowest BCUT2D eigenvalue weighted by Gasteiger charge is -2.10. The summed E-state index contributed by atoms with van der Waals surface area (Å²) in [4.78, 5) is 23.1. The highest BCUT2D eigenvalue weighted by atomic mass is 19.4. The number of rotatable bonds is 4. The van der Waals surface area contributed by atoms with Gasteiger partial charge < -0.3 is 4.74 Å². The quantitative estimate of drug-likeness (QED) is 0.490. The molecule has 2 aromatic rings. The van der Waals surface area contributed by atoms with Crippen molar-refractivity contribution in [2.45, 2.75) is 6.36 Å². The van der Waals surface area contributed by atoms with E-state index in [4.69, 9.17) is 0 Å². The maximum absolute atomic E-state index is 13.8. The van der Waals surface area contributed by atoms with Gasteiger partial charge in [-0.15, -0.1) is 13.2 Å². The van der Waals surface area contributed by atoms with Crippen LogP contribution in [0.2, 0.25) is 0 Å². The first-order valence-corrected chi connectivity index (χ1v) is 5.96. The van der Waals surface area contributed by atoms with E-state index in [1.165, 1.54) is 18.2 Å². The van der Waals surface area contributed by atoms with Crippen LogP contribution in [0, 0.1) is 5.82 Å². The van der Waals surface area contributed by atoms with Gasteiger partial charge in [-0.05, 0) is 18.2 Å². The Morgan fingerprint density at radius 2 is 1.77 bits per heavy atom. The third kappa shape index (κ3) is 3.49. The minimum absolute atomic E-state index is 0.188. The van der Waals surface area contributed by atoms with Gasteiger partial charge in [-0.2, -0.15) is 0 Å². The molecule has 22 heavy (non-hydrogen) atoms. The molecule has 0 heterocycles. The van der Waals surface area contributed by atoms with Crippen LogP contribution >= 0.6 is 0 Å². The second kappa shape index (κ2) is 5.97. The molecule has 0 unspecified atom stereocenters. The van der Waals surface area contributed by atoms with Gasteiger partial charge in [0, 0.05) is 11.1 Å². The average Bonchev–Trinajstić information content (AvgIpc) is 2.44. The maximum Gasteiger partial charge on any atom is 0.573 e. The van der Waals surface area contributed by atoms with E-state index in [-0.39, 0.29) is 11.1 Å². The molecule has 0 aromatic heterocycles. The fraction of sp³-hybridized carbons (Fsp3) is 0.0667. The van der Waals surface area contributed by atoms with Crippen molar-refractivity contribution in [3.05, 3.63) is 65.0 Å². The second-order valence-electron chi connectivity index (χ2n) is 4.23. The molecule has 114 valence electrons. The largest absolute Gasteiger partial charge is 0.573 e. The summed E-state index contributed by atoms with van der Waals surface area (Å²) in [5.41, 5.74) is -0.913. The van der Waals surface area contributed by atoms with Gasteiger partial charge in [-0.25, -0.2) is 4.39 Å². The summed E-state index contributed by atoms with van der Waals surface area (Å²) >= 11 is 0. The molecule has 0 spiro atoms. The van der Waals surface area contributed by atoms with E-state index in [9.17, 15) is 27.2 Å². The Kier molecular flexibility index (Phi) is 4.25. The zero-order valence-electron chi connectivity index (χ0n) is 10.9. The molecule has 0 saturated carbocycles. The summed E-state index contributed by atoms with van der Waals surface area (Å²) in [5.74, 6) is -2.45. The van der Waals surface area contributed by atoms with Crippen LogP contribution in [0.4, 0.5) is 17.6 Å². The van der Waals surface area contributed by atoms with Gasteiger partial charge in [-0.1, -0.05) is 24.3 Å². The zero-order valence-corrected chi connectivity index (χ0v) is 10.9. The molecule has 0 aliphatic carbocycles. The third-order valence-corrected chi connectivity index (χ3v) is 2.73. The van der Waals surface area contributed by atoms with Crippen LogP contribution in [0.25, 0.3) is 0 Å². The molecule has 7 heteroatoms. The Labute approximate surface area is 122 Å². The van der Waals surface area contributed by atoms with Gasteiger partial charge in [0.2, 0.25) is 0 Å². The van der Waals surface area contributed by atoms with E-state index in [1.54, 1.807) is 0 Å². The van der Waals surface area contributed by atoms with Crippen molar-refractivity contribution in [2.24, 2.45) is 0 Å².